The lowest BCUT2D eigenvalue weighted by atomic mass is 10.2. The summed E-state index contributed by atoms with van der Waals surface area (Å²) in [6, 6.07) is 10.2. The summed E-state index contributed by atoms with van der Waals surface area (Å²) in [4.78, 5) is 29.2. The fraction of sp³-hybridized carbons (Fsp3) is 0.286. The molecule has 0 aliphatic rings. The molecule has 0 aliphatic carbocycles. The molecule has 7 nitrogen and oxygen atoms in total. The molecule has 3 rings (SSSR count). The van der Waals surface area contributed by atoms with E-state index in [1.807, 2.05) is 26.0 Å². The molecular weight excluding hydrogens is 358 g/mol. The Hall–Kier alpha value is -3.35. The summed E-state index contributed by atoms with van der Waals surface area (Å²) in [5, 5.41) is 2.85. The van der Waals surface area contributed by atoms with Gasteiger partial charge in [-0.1, -0.05) is 6.92 Å². The summed E-state index contributed by atoms with van der Waals surface area (Å²) in [6.07, 6.45) is 2.54. The summed E-state index contributed by atoms with van der Waals surface area (Å²) in [7, 11) is 0. The fourth-order valence-electron chi connectivity index (χ4n) is 2.86. The lowest BCUT2D eigenvalue weighted by molar-refractivity contribution is 0.0505. The van der Waals surface area contributed by atoms with E-state index in [9.17, 15) is 9.59 Å². The first-order chi connectivity index (χ1) is 13.5. The molecule has 1 aromatic carbocycles. The number of nitrogens with zero attached hydrogens (tertiary/aromatic N) is 2. The van der Waals surface area contributed by atoms with Gasteiger partial charge >= 0.3 is 5.97 Å². The maximum Gasteiger partial charge on any atom is 0.338 e. The number of hydrogen-bond acceptors (Lipinski definition) is 5. The number of ether oxygens (including phenoxy) is 2. The van der Waals surface area contributed by atoms with E-state index in [-0.39, 0.29) is 11.9 Å². The number of esters is 1. The average Bonchev–Trinajstić information content (AvgIpc) is 3.04. The standard InChI is InChI=1S/C21H23N3O4/c1-4-13-28-21(26)15-8-10-16(11-9-15)23-20(25)18-14(3)22-19-17(27-5-2)7-6-12-24(18)19/h6-12H,4-5,13H2,1-3H3,(H,23,25). The van der Waals surface area contributed by atoms with Gasteiger partial charge in [-0.05, 0) is 56.7 Å². The van der Waals surface area contributed by atoms with Gasteiger partial charge in [-0.15, -0.1) is 0 Å². The van der Waals surface area contributed by atoms with Crippen molar-refractivity contribution in [3.05, 3.63) is 59.5 Å². The molecule has 0 aliphatic heterocycles. The summed E-state index contributed by atoms with van der Waals surface area (Å²) < 4.78 is 12.4. The number of carbonyl (C=O) groups excluding carboxylic acids is 2. The highest BCUT2D eigenvalue weighted by atomic mass is 16.5. The maximum atomic E-state index is 12.8. The van der Waals surface area contributed by atoms with Crippen LogP contribution in [0.25, 0.3) is 5.65 Å². The van der Waals surface area contributed by atoms with E-state index >= 15 is 0 Å². The van der Waals surface area contributed by atoms with Gasteiger partial charge in [0.15, 0.2) is 11.4 Å². The largest absolute Gasteiger partial charge is 0.490 e. The predicted molar refractivity (Wildman–Crippen MR) is 106 cm³/mol. The van der Waals surface area contributed by atoms with Crippen LogP contribution in [0.1, 0.15) is 46.8 Å². The van der Waals surface area contributed by atoms with Crippen molar-refractivity contribution in [2.24, 2.45) is 0 Å². The molecule has 1 N–H and O–H groups in total. The number of rotatable bonds is 7. The molecule has 0 fully saturated rings. The lowest BCUT2D eigenvalue weighted by Gasteiger charge is -2.08. The first-order valence-corrected chi connectivity index (χ1v) is 9.24. The minimum atomic E-state index is -0.374. The summed E-state index contributed by atoms with van der Waals surface area (Å²) >= 11 is 0. The van der Waals surface area contributed by atoms with Gasteiger partial charge in [0, 0.05) is 11.9 Å². The van der Waals surface area contributed by atoms with Crippen molar-refractivity contribution in [3.8, 4) is 5.75 Å². The third-order valence-corrected chi connectivity index (χ3v) is 4.12. The Morgan fingerprint density at radius 1 is 1.14 bits per heavy atom. The van der Waals surface area contributed by atoms with Crippen LogP contribution in [0.3, 0.4) is 0 Å². The molecule has 2 aromatic heterocycles. The molecule has 7 heteroatoms. The molecule has 0 saturated carbocycles. The number of pyridine rings is 1. The zero-order valence-electron chi connectivity index (χ0n) is 16.2. The minimum absolute atomic E-state index is 0.292. The van der Waals surface area contributed by atoms with E-state index < -0.39 is 0 Å². The average molecular weight is 381 g/mol. The first-order valence-electron chi connectivity index (χ1n) is 9.24. The number of nitrogens with one attached hydrogen (secondary N) is 1. The van der Waals surface area contributed by atoms with Gasteiger partial charge in [0.1, 0.15) is 5.69 Å². The lowest BCUT2D eigenvalue weighted by Crippen LogP contribution is -2.16. The molecule has 2 heterocycles. The number of amides is 1. The molecule has 28 heavy (non-hydrogen) atoms. The van der Waals surface area contributed by atoms with E-state index in [1.54, 1.807) is 41.8 Å². The predicted octanol–water partition coefficient (Wildman–Crippen LogP) is 3.86. The van der Waals surface area contributed by atoms with E-state index in [2.05, 4.69) is 10.3 Å². The topological polar surface area (TPSA) is 81.9 Å². The number of anilines is 1. The zero-order chi connectivity index (χ0) is 20.1. The number of fused-ring (bicyclic) bond motifs is 1. The summed E-state index contributed by atoms with van der Waals surface area (Å²) in [5.41, 5.74) is 2.65. The second-order valence-corrected chi connectivity index (χ2v) is 6.21. The molecule has 0 bridgehead atoms. The molecular formula is C21H23N3O4. The molecule has 0 unspecified atom stereocenters. The van der Waals surface area contributed by atoms with Crippen molar-refractivity contribution in [3.63, 3.8) is 0 Å². The molecule has 146 valence electrons. The number of aromatic nitrogens is 2. The van der Waals surface area contributed by atoms with Crippen LogP contribution in [0, 0.1) is 6.92 Å². The number of carbonyl (C=O) groups is 2. The molecule has 0 radical (unpaired) electrons. The molecule has 3 aromatic rings. The highest BCUT2D eigenvalue weighted by molar-refractivity contribution is 6.04. The Kier molecular flexibility index (Phi) is 5.93. The van der Waals surface area contributed by atoms with E-state index in [0.717, 1.165) is 6.42 Å². The molecule has 0 atom stereocenters. The quantitative estimate of drug-likeness (QED) is 0.629. The summed E-state index contributed by atoms with van der Waals surface area (Å²) in [6.45, 7) is 6.51. The van der Waals surface area contributed by atoms with Crippen LogP contribution >= 0.6 is 0 Å². The second-order valence-electron chi connectivity index (χ2n) is 6.21. The van der Waals surface area contributed by atoms with Crippen LogP contribution in [-0.4, -0.2) is 34.5 Å². The molecule has 0 spiro atoms. The minimum Gasteiger partial charge on any atom is -0.490 e. The first kappa shape index (κ1) is 19.4. The smallest absolute Gasteiger partial charge is 0.338 e. The van der Waals surface area contributed by atoms with Crippen LogP contribution in [0.5, 0.6) is 5.75 Å². The van der Waals surface area contributed by atoms with Crippen LogP contribution in [-0.2, 0) is 4.74 Å². The van der Waals surface area contributed by atoms with Crippen LogP contribution in [0.4, 0.5) is 5.69 Å². The van der Waals surface area contributed by atoms with Crippen molar-refractivity contribution in [2.45, 2.75) is 27.2 Å². The van der Waals surface area contributed by atoms with Gasteiger partial charge < -0.3 is 14.8 Å². The van der Waals surface area contributed by atoms with Gasteiger partial charge in [0.25, 0.3) is 5.91 Å². The Morgan fingerprint density at radius 2 is 1.89 bits per heavy atom. The number of imidazole rings is 1. The Bertz CT molecular complexity index is 993. The van der Waals surface area contributed by atoms with Crippen LogP contribution in [0.15, 0.2) is 42.6 Å². The Balaban J connectivity index is 1.81. The van der Waals surface area contributed by atoms with Gasteiger partial charge in [-0.3, -0.25) is 9.20 Å². The van der Waals surface area contributed by atoms with Crippen molar-refractivity contribution in [1.29, 1.82) is 0 Å². The summed E-state index contributed by atoms with van der Waals surface area (Å²) in [5.74, 6) is -0.0390. The van der Waals surface area contributed by atoms with Crippen molar-refractivity contribution < 1.29 is 19.1 Å². The van der Waals surface area contributed by atoms with Crippen molar-refractivity contribution in [1.82, 2.24) is 9.38 Å². The van der Waals surface area contributed by atoms with Gasteiger partial charge in [-0.25, -0.2) is 9.78 Å². The second kappa shape index (κ2) is 8.56. The maximum absolute atomic E-state index is 12.8. The highest BCUT2D eigenvalue weighted by Gasteiger charge is 2.19. The van der Waals surface area contributed by atoms with E-state index in [4.69, 9.17) is 9.47 Å². The Labute approximate surface area is 163 Å². The normalized spacial score (nSPS) is 10.7. The zero-order valence-corrected chi connectivity index (χ0v) is 16.2. The molecule has 1 amide bonds. The number of aryl methyl sites for hydroxylation is 1. The number of benzene rings is 1. The van der Waals surface area contributed by atoms with Crippen molar-refractivity contribution >= 4 is 23.2 Å². The van der Waals surface area contributed by atoms with Gasteiger partial charge in [-0.2, -0.15) is 0 Å². The highest BCUT2D eigenvalue weighted by Crippen LogP contribution is 2.23. The monoisotopic (exact) mass is 381 g/mol. The van der Waals surface area contributed by atoms with E-state index in [0.29, 0.717) is 47.2 Å². The Morgan fingerprint density at radius 3 is 2.57 bits per heavy atom. The van der Waals surface area contributed by atoms with Gasteiger partial charge in [0.05, 0.1) is 24.5 Å². The molecule has 0 saturated heterocycles. The van der Waals surface area contributed by atoms with Crippen LogP contribution < -0.4 is 10.1 Å². The third-order valence-electron chi connectivity index (χ3n) is 4.12. The SMILES string of the molecule is CCCOC(=O)c1ccc(NC(=O)c2c(C)nc3c(OCC)cccn23)cc1. The van der Waals surface area contributed by atoms with Crippen molar-refractivity contribution in [2.75, 3.05) is 18.5 Å². The van der Waals surface area contributed by atoms with E-state index in [1.165, 1.54) is 0 Å². The fourth-order valence-corrected chi connectivity index (χ4v) is 2.86. The third kappa shape index (κ3) is 3.98. The van der Waals surface area contributed by atoms with Gasteiger partial charge in [0.2, 0.25) is 0 Å². The van der Waals surface area contributed by atoms with Crippen LogP contribution in [0.2, 0.25) is 0 Å². The number of hydrogen-bond donors (Lipinski definition) is 1.